The molecule has 152 valence electrons. The number of nitrogens with zero attached hydrogens (tertiary/aromatic N) is 2. The van der Waals surface area contributed by atoms with Gasteiger partial charge in [-0.3, -0.25) is 14.4 Å². The van der Waals surface area contributed by atoms with Crippen LogP contribution in [0.25, 0.3) is 0 Å². The summed E-state index contributed by atoms with van der Waals surface area (Å²) >= 11 is 0. The molecule has 7 nitrogen and oxygen atoms in total. The highest BCUT2D eigenvalue weighted by atomic mass is 16.2. The smallest absolute Gasteiger partial charge is 0.254 e. The quantitative estimate of drug-likeness (QED) is 0.829. The Kier molecular flexibility index (Phi) is 5.47. The third-order valence-electron chi connectivity index (χ3n) is 6.13. The maximum absolute atomic E-state index is 12.7. The average molecular weight is 394 g/mol. The predicted octanol–water partition coefficient (Wildman–Crippen LogP) is 1.99. The molecule has 1 saturated heterocycles. The van der Waals surface area contributed by atoms with E-state index in [9.17, 15) is 14.4 Å². The molecule has 0 radical (unpaired) electrons. The van der Waals surface area contributed by atoms with Crippen LogP contribution in [-0.2, 0) is 4.79 Å². The highest BCUT2D eigenvalue weighted by Gasteiger charge is 2.35. The normalized spacial score (nSPS) is 22.0. The minimum absolute atomic E-state index is 0.0485. The standard InChI is InChI=1S/C22H26N4O3/c1-14-4-2-3-5-18(14)22(29)26-8-6-15(7-9-26)21(28)25-17-10-16(11-17)19-12-20(27)24-13-23-19/h2-5,12-13,15-17H,6-11H2,1H3,(H,25,28)(H,23,24,27). The van der Waals surface area contributed by atoms with Crippen molar-refractivity contribution in [3.63, 3.8) is 0 Å². The van der Waals surface area contributed by atoms with Gasteiger partial charge in [0.2, 0.25) is 5.91 Å². The molecule has 1 aliphatic heterocycles. The van der Waals surface area contributed by atoms with Gasteiger partial charge in [-0.15, -0.1) is 0 Å². The number of benzene rings is 1. The summed E-state index contributed by atoms with van der Waals surface area (Å²) < 4.78 is 0. The zero-order valence-electron chi connectivity index (χ0n) is 16.6. The lowest BCUT2D eigenvalue weighted by Crippen LogP contribution is -2.48. The number of piperidine rings is 1. The Morgan fingerprint density at radius 2 is 1.90 bits per heavy atom. The van der Waals surface area contributed by atoms with Crippen LogP contribution >= 0.6 is 0 Å². The molecule has 4 rings (SSSR count). The number of amides is 2. The Balaban J connectivity index is 1.24. The zero-order chi connectivity index (χ0) is 20.4. The Hall–Kier alpha value is -2.96. The van der Waals surface area contributed by atoms with Crippen molar-refractivity contribution in [2.75, 3.05) is 13.1 Å². The van der Waals surface area contributed by atoms with E-state index < -0.39 is 0 Å². The summed E-state index contributed by atoms with van der Waals surface area (Å²) in [5.41, 5.74) is 2.37. The molecular formula is C22H26N4O3. The number of nitrogens with one attached hydrogen (secondary N) is 2. The molecule has 7 heteroatoms. The number of rotatable bonds is 4. The van der Waals surface area contributed by atoms with Gasteiger partial charge in [-0.25, -0.2) is 4.98 Å². The third-order valence-corrected chi connectivity index (χ3v) is 6.13. The fourth-order valence-electron chi connectivity index (χ4n) is 4.23. The largest absolute Gasteiger partial charge is 0.353 e. The van der Waals surface area contributed by atoms with Crippen molar-refractivity contribution in [2.45, 2.75) is 44.6 Å². The number of carbonyl (C=O) groups is 2. The van der Waals surface area contributed by atoms with Crippen molar-refractivity contribution in [3.05, 3.63) is 63.8 Å². The van der Waals surface area contributed by atoms with Crippen molar-refractivity contribution < 1.29 is 9.59 Å². The Morgan fingerprint density at radius 3 is 2.59 bits per heavy atom. The average Bonchev–Trinajstić information content (AvgIpc) is 2.70. The fraction of sp³-hybridized carbons (Fsp3) is 0.455. The van der Waals surface area contributed by atoms with E-state index in [0.717, 1.165) is 29.7 Å². The van der Waals surface area contributed by atoms with E-state index in [1.54, 1.807) is 0 Å². The molecule has 2 aliphatic rings. The second-order valence-electron chi connectivity index (χ2n) is 8.09. The molecule has 2 N–H and O–H groups in total. The molecule has 2 heterocycles. The summed E-state index contributed by atoms with van der Waals surface area (Å²) in [7, 11) is 0. The zero-order valence-corrected chi connectivity index (χ0v) is 16.6. The number of likely N-dealkylation sites (tertiary alicyclic amines) is 1. The molecule has 0 spiro atoms. The maximum atomic E-state index is 12.7. The molecule has 2 amide bonds. The molecule has 1 aromatic heterocycles. The summed E-state index contributed by atoms with van der Waals surface area (Å²) in [6, 6.07) is 9.29. The highest BCUT2D eigenvalue weighted by Crippen LogP contribution is 2.35. The second kappa shape index (κ2) is 8.19. The monoisotopic (exact) mass is 394 g/mol. The van der Waals surface area contributed by atoms with Gasteiger partial charge in [-0.05, 0) is 44.2 Å². The Labute approximate surface area is 169 Å². The number of aromatic amines is 1. The fourth-order valence-corrected chi connectivity index (χ4v) is 4.23. The van der Waals surface area contributed by atoms with Crippen LogP contribution in [-0.4, -0.2) is 45.8 Å². The van der Waals surface area contributed by atoms with Gasteiger partial charge >= 0.3 is 0 Å². The first-order chi connectivity index (χ1) is 14.0. The van der Waals surface area contributed by atoms with Gasteiger partial charge in [0.05, 0.1) is 12.0 Å². The molecule has 1 saturated carbocycles. The van der Waals surface area contributed by atoms with Gasteiger partial charge in [0.1, 0.15) is 0 Å². The van der Waals surface area contributed by atoms with E-state index in [1.807, 2.05) is 36.1 Å². The van der Waals surface area contributed by atoms with Crippen LogP contribution in [0.15, 0.2) is 41.5 Å². The first-order valence-corrected chi connectivity index (χ1v) is 10.2. The topological polar surface area (TPSA) is 95.2 Å². The lowest BCUT2D eigenvalue weighted by molar-refractivity contribution is -0.127. The highest BCUT2D eigenvalue weighted by molar-refractivity contribution is 5.95. The molecule has 1 aliphatic carbocycles. The SMILES string of the molecule is Cc1ccccc1C(=O)N1CCC(C(=O)NC2CC(c3cc(=O)[nH]cn3)C2)CC1. The van der Waals surface area contributed by atoms with Gasteiger partial charge in [0.25, 0.3) is 11.5 Å². The van der Waals surface area contributed by atoms with Crippen LogP contribution in [0.2, 0.25) is 0 Å². The summed E-state index contributed by atoms with van der Waals surface area (Å²) in [5.74, 6) is 0.313. The van der Waals surface area contributed by atoms with Crippen LogP contribution in [0.4, 0.5) is 0 Å². The number of carbonyl (C=O) groups excluding carboxylic acids is 2. The van der Waals surface area contributed by atoms with Gasteiger partial charge in [-0.2, -0.15) is 0 Å². The molecule has 29 heavy (non-hydrogen) atoms. The van der Waals surface area contributed by atoms with Crippen molar-refractivity contribution in [2.24, 2.45) is 5.92 Å². The summed E-state index contributed by atoms with van der Waals surface area (Å²) in [6.07, 6.45) is 4.43. The van der Waals surface area contributed by atoms with E-state index in [1.165, 1.54) is 12.4 Å². The van der Waals surface area contributed by atoms with Gasteiger partial charge < -0.3 is 15.2 Å². The first-order valence-electron chi connectivity index (χ1n) is 10.2. The van der Waals surface area contributed by atoms with E-state index in [-0.39, 0.29) is 35.3 Å². The number of hydrogen-bond donors (Lipinski definition) is 2. The van der Waals surface area contributed by atoms with Crippen LogP contribution in [0.3, 0.4) is 0 Å². The summed E-state index contributed by atoms with van der Waals surface area (Å²) in [4.78, 5) is 45.3. The molecule has 0 atom stereocenters. The Morgan fingerprint density at radius 1 is 1.17 bits per heavy atom. The number of aromatic nitrogens is 2. The minimum Gasteiger partial charge on any atom is -0.353 e. The van der Waals surface area contributed by atoms with E-state index in [4.69, 9.17) is 0 Å². The molecular weight excluding hydrogens is 368 g/mol. The molecule has 2 fully saturated rings. The van der Waals surface area contributed by atoms with Crippen LogP contribution < -0.4 is 10.9 Å². The number of H-pyrrole nitrogens is 1. The molecule has 0 unspecified atom stereocenters. The predicted molar refractivity (Wildman–Crippen MR) is 109 cm³/mol. The maximum Gasteiger partial charge on any atom is 0.254 e. The van der Waals surface area contributed by atoms with Crippen molar-refractivity contribution in [3.8, 4) is 0 Å². The van der Waals surface area contributed by atoms with Crippen molar-refractivity contribution >= 4 is 11.8 Å². The Bertz CT molecular complexity index is 956. The molecule has 0 bridgehead atoms. The summed E-state index contributed by atoms with van der Waals surface area (Å²) in [5, 5.41) is 3.13. The first kappa shape index (κ1) is 19.4. The van der Waals surface area contributed by atoms with Crippen molar-refractivity contribution in [1.29, 1.82) is 0 Å². The van der Waals surface area contributed by atoms with Gasteiger partial charge in [0.15, 0.2) is 0 Å². The van der Waals surface area contributed by atoms with Gasteiger partial charge in [-0.1, -0.05) is 18.2 Å². The van der Waals surface area contributed by atoms with Crippen LogP contribution in [0.5, 0.6) is 0 Å². The van der Waals surface area contributed by atoms with Crippen LogP contribution in [0, 0.1) is 12.8 Å². The van der Waals surface area contributed by atoms with Gasteiger partial charge in [0, 0.05) is 42.6 Å². The van der Waals surface area contributed by atoms with E-state index in [0.29, 0.717) is 25.9 Å². The third kappa shape index (κ3) is 4.23. The van der Waals surface area contributed by atoms with Crippen molar-refractivity contribution in [1.82, 2.24) is 20.2 Å². The van der Waals surface area contributed by atoms with E-state index in [2.05, 4.69) is 15.3 Å². The van der Waals surface area contributed by atoms with Crippen LogP contribution in [0.1, 0.15) is 53.2 Å². The lowest BCUT2D eigenvalue weighted by Gasteiger charge is -2.37. The lowest BCUT2D eigenvalue weighted by atomic mass is 9.77. The second-order valence-corrected chi connectivity index (χ2v) is 8.09. The number of hydrogen-bond acceptors (Lipinski definition) is 4. The minimum atomic E-state index is -0.144. The summed E-state index contributed by atoms with van der Waals surface area (Å²) in [6.45, 7) is 3.16. The molecule has 1 aromatic carbocycles. The number of aryl methyl sites for hydroxylation is 1. The van der Waals surface area contributed by atoms with E-state index >= 15 is 0 Å². The molecule has 2 aromatic rings.